The summed E-state index contributed by atoms with van der Waals surface area (Å²) in [5.74, 6) is 0.139. The monoisotopic (exact) mass is 279 g/mol. The van der Waals surface area contributed by atoms with Crippen LogP contribution in [0.4, 0.5) is 5.69 Å². The van der Waals surface area contributed by atoms with Gasteiger partial charge in [0.1, 0.15) is 12.4 Å². The maximum atomic E-state index is 11.3. The maximum Gasteiger partial charge on any atom is 0.333 e. The van der Waals surface area contributed by atoms with Gasteiger partial charge < -0.3 is 9.47 Å². The number of hydrogen-bond acceptors (Lipinski definition) is 5. The summed E-state index contributed by atoms with van der Waals surface area (Å²) in [4.78, 5) is 21.6. The van der Waals surface area contributed by atoms with Crippen LogP contribution in [0.2, 0.25) is 0 Å². The lowest BCUT2D eigenvalue weighted by molar-refractivity contribution is -0.385. The molecule has 0 unspecified atom stereocenters. The molecule has 0 aliphatic heterocycles. The Morgan fingerprint density at radius 2 is 2.15 bits per heavy atom. The fourth-order valence-electron chi connectivity index (χ4n) is 1.66. The van der Waals surface area contributed by atoms with Crippen LogP contribution in [0.5, 0.6) is 5.75 Å². The van der Waals surface area contributed by atoms with Crippen molar-refractivity contribution in [1.29, 1.82) is 0 Å². The molecule has 0 aliphatic rings. The van der Waals surface area contributed by atoms with E-state index in [1.165, 1.54) is 19.2 Å². The molecule has 0 bridgehead atoms. The van der Waals surface area contributed by atoms with E-state index < -0.39 is 4.92 Å². The second-order valence-corrected chi connectivity index (χ2v) is 4.09. The molecule has 1 rings (SSSR count). The van der Waals surface area contributed by atoms with Crippen molar-refractivity contribution in [3.8, 4) is 5.75 Å². The van der Waals surface area contributed by atoms with Gasteiger partial charge in [-0.3, -0.25) is 10.1 Å². The minimum atomic E-state index is -0.439. The van der Waals surface area contributed by atoms with E-state index in [-0.39, 0.29) is 18.3 Å². The summed E-state index contributed by atoms with van der Waals surface area (Å²) in [5.41, 5.74) is 1.11. The van der Waals surface area contributed by atoms with E-state index in [2.05, 4.69) is 4.74 Å². The van der Waals surface area contributed by atoms with E-state index in [9.17, 15) is 14.9 Å². The van der Waals surface area contributed by atoms with Crippen LogP contribution in [0.25, 0.3) is 0 Å². The first-order valence-electron chi connectivity index (χ1n) is 6.14. The molecule has 0 radical (unpaired) electrons. The Hall–Kier alpha value is -2.37. The van der Waals surface area contributed by atoms with Crippen LogP contribution in [0, 0.1) is 17.0 Å². The molecule has 1 aromatic carbocycles. The largest absolute Gasteiger partial charge is 0.490 e. The van der Waals surface area contributed by atoms with Crippen molar-refractivity contribution >= 4 is 11.7 Å². The highest BCUT2D eigenvalue weighted by atomic mass is 16.6. The zero-order valence-electron chi connectivity index (χ0n) is 11.7. The van der Waals surface area contributed by atoms with Gasteiger partial charge in [-0.25, -0.2) is 4.79 Å². The number of carbonyl (C=O) groups is 1. The molecule has 1 aromatic rings. The van der Waals surface area contributed by atoms with E-state index in [0.717, 1.165) is 0 Å². The van der Waals surface area contributed by atoms with Gasteiger partial charge >= 0.3 is 5.97 Å². The van der Waals surface area contributed by atoms with Gasteiger partial charge in [-0.2, -0.15) is 0 Å². The van der Waals surface area contributed by atoms with Crippen LogP contribution in [0.1, 0.15) is 18.9 Å². The van der Waals surface area contributed by atoms with Gasteiger partial charge in [-0.1, -0.05) is 6.92 Å². The first kappa shape index (κ1) is 15.7. The zero-order chi connectivity index (χ0) is 15.1. The summed E-state index contributed by atoms with van der Waals surface area (Å²) >= 11 is 0. The van der Waals surface area contributed by atoms with Crippen LogP contribution < -0.4 is 4.74 Å². The summed E-state index contributed by atoms with van der Waals surface area (Å²) in [6.45, 7) is 3.70. The smallest absolute Gasteiger partial charge is 0.333 e. The number of nitro benzene ring substituents is 1. The lowest BCUT2D eigenvalue weighted by Gasteiger charge is -2.06. The molecular formula is C14H17NO5. The minimum Gasteiger partial charge on any atom is -0.490 e. The molecule has 0 amide bonds. The predicted molar refractivity (Wildman–Crippen MR) is 73.7 cm³/mol. The van der Waals surface area contributed by atoms with Crippen molar-refractivity contribution in [2.75, 3.05) is 13.7 Å². The Morgan fingerprint density at radius 1 is 1.45 bits per heavy atom. The van der Waals surface area contributed by atoms with Crippen molar-refractivity contribution in [2.24, 2.45) is 0 Å². The van der Waals surface area contributed by atoms with E-state index in [1.54, 1.807) is 19.1 Å². The van der Waals surface area contributed by atoms with Crippen LogP contribution >= 0.6 is 0 Å². The van der Waals surface area contributed by atoms with E-state index >= 15 is 0 Å². The van der Waals surface area contributed by atoms with E-state index in [4.69, 9.17) is 4.74 Å². The highest BCUT2D eigenvalue weighted by Crippen LogP contribution is 2.23. The van der Waals surface area contributed by atoms with Crippen LogP contribution in [0.3, 0.4) is 0 Å². The van der Waals surface area contributed by atoms with Gasteiger partial charge in [0.2, 0.25) is 0 Å². The average molecular weight is 279 g/mol. The number of nitro groups is 1. The van der Waals surface area contributed by atoms with Gasteiger partial charge in [0.05, 0.1) is 12.0 Å². The number of methoxy groups -OCH3 is 1. The third-order valence-electron chi connectivity index (χ3n) is 2.77. The number of rotatable bonds is 6. The molecule has 0 saturated carbocycles. The molecule has 0 saturated heterocycles. The average Bonchev–Trinajstić information content (AvgIpc) is 2.42. The second kappa shape index (κ2) is 7.28. The summed E-state index contributed by atoms with van der Waals surface area (Å²) in [7, 11) is 1.33. The van der Waals surface area contributed by atoms with Crippen molar-refractivity contribution in [1.82, 2.24) is 0 Å². The van der Waals surface area contributed by atoms with E-state index in [0.29, 0.717) is 23.3 Å². The molecule has 0 atom stereocenters. The van der Waals surface area contributed by atoms with Crippen molar-refractivity contribution in [2.45, 2.75) is 20.3 Å². The molecule has 0 aromatic heterocycles. The zero-order valence-corrected chi connectivity index (χ0v) is 11.7. The Labute approximate surface area is 117 Å². The van der Waals surface area contributed by atoms with Crippen LogP contribution in [-0.4, -0.2) is 24.6 Å². The first-order valence-corrected chi connectivity index (χ1v) is 6.14. The van der Waals surface area contributed by atoms with Gasteiger partial charge in [-0.05, 0) is 31.6 Å². The topological polar surface area (TPSA) is 78.7 Å². The molecule has 6 nitrogen and oxygen atoms in total. The third kappa shape index (κ3) is 4.08. The number of hydrogen-bond donors (Lipinski definition) is 0. The third-order valence-corrected chi connectivity index (χ3v) is 2.77. The molecule has 0 spiro atoms. The van der Waals surface area contributed by atoms with Crippen molar-refractivity contribution in [3.05, 3.63) is 45.5 Å². The second-order valence-electron chi connectivity index (χ2n) is 4.09. The number of carbonyl (C=O) groups excluding carboxylic acids is 1. The molecule has 108 valence electrons. The number of benzene rings is 1. The number of esters is 1. The van der Waals surface area contributed by atoms with Gasteiger partial charge in [0, 0.05) is 17.2 Å². The van der Waals surface area contributed by atoms with Crippen molar-refractivity contribution < 1.29 is 19.2 Å². The number of ether oxygens (including phenoxy) is 2. The molecular weight excluding hydrogens is 262 g/mol. The van der Waals surface area contributed by atoms with Crippen LogP contribution in [0.15, 0.2) is 29.8 Å². The fourth-order valence-corrected chi connectivity index (χ4v) is 1.66. The molecule has 0 N–H and O–H groups in total. The first-order chi connectivity index (χ1) is 9.49. The molecule has 0 aliphatic carbocycles. The van der Waals surface area contributed by atoms with E-state index in [1.807, 2.05) is 6.92 Å². The summed E-state index contributed by atoms with van der Waals surface area (Å²) in [6.07, 6.45) is 2.19. The predicted octanol–water partition coefficient (Wildman–Crippen LogP) is 2.79. The lowest BCUT2D eigenvalue weighted by Crippen LogP contribution is -2.06. The quantitative estimate of drug-likeness (QED) is 0.346. The lowest BCUT2D eigenvalue weighted by atomic mass is 10.2. The Kier molecular flexibility index (Phi) is 5.71. The summed E-state index contributed by atoms with van der Waals surface area (Å²) < 4.78 is 10.1. The van der Waals surface area contributed by atoms with Crippen molar-refractivity contribution in [3.63, 3.8) is 0 Å². The molecule has 0 fully saturated rings. The number of nitrogens with zero attached hydrogens (tertiary/aromatic N) is 1. The van der Waals surface area contributed by atoms with Crippen LogP contribution in [-0.2, 0) is 9.53 Å². The maximum absolute atomic E-state index is 11.3. The fraction of sp³-hybridized carbons (Fsp3) is 0.357. The van der Waals surface area contributed by atoms with Gasteiger partial charge in [0.15, 0.2) is 0 Å². The normalized spacial score (nSPS) is 11.1. The molecule has 6 heteroatoms. The Bertz CT molecular complexity index is 536. The van der Waals surface area contributed by atoms with Gasteiger partial charge in [-0.15, -0.1) is 0 Å². The Balaban J connectivity index is 2.71. The standard InChI is InChI=1S/C14H17NO5/c1-4-11(14(16)19-3)7-8-20-12-5-6-13(15(17)18)10(2)9-12/h5-7,9H,4,8H2,1-3H3. The number of aryl methyl sites for hydroxylation is 1. The minimum absolute atomic E-state index is 0.0525. The Morgan fingerprint density at radius 3 is 2.65 bits per heavy atom. The SMILES string of the molecule is CCC(=CCOc1ccc([N+](=O)[O-])c(C)c1)C(=O)OC. The van der Waals surface area contributed by atoms with Gasteiger partial charge in [0.25, 0.3) is 5.69 Å². The summed E-state index contributed by atoms with van der Waals surface area (Å²) in [6, 6.07) is 4.52. The molecule has 20 heavy (non-hydrogen) atoms. The molecule has 0 heterocycles. The summed E-state index contributed by atoms with van der Waals surface area (Å²) in [5, 5.41) is 10.7. The highest BCUT2D eigenvalue weighted by Gasteiger charge is 2.10. The highest BCUT2D eigenvalue weighted by molar-refractivity contribution is 5.88.